The first-order valence-corrected chi connectivity index (χ1v) is 8.10. The lowest BCUT2D eigenvalue weighted by molar-refractivity contribution is -0.136. The topological polar surface area (TPSA) is 58.8 Å². The maximum absolute atomic E-state index is 12.7. The van der Waals surface area contributed by atoms with Crippen LogP contribution in [0.1, 0.15) is 32.1 Å². The second kappa shape index (κ2) is 6.41. The summed E-state index contributed by atoms with van der Waals surface area (Å²) in [5, 5.41) is 0. The molecule has 0 aromatic carbocycles. The summed E-state index contributed by atoms with van der Waals surface area (Å²) in [5.74, 6) is 0.559. The average molecular weight is 281 g/mol. The molecular weight excluding hydrogens is 254 g/mol. The van der Waals surface area contributed by atoms with Gasteiger partial charge in [0.15, 0.2) is 0 Å². The zero-order chi connectivity index (χ0) is 13.9. The van der Waals surface area contributed by atoms with E-state index in [1.54, 1.807) is 0 Å². The molecule has 1 saturated carbocycles. The minimum absolute atomic E-state index is 0.190. The van der Waals surface area contributed by atoms with Crippen molar-refractivity contribution in [3.05, 3.63) is 0 Å². The maximum atomic E-state index is 12.7. The van der Waals surface area contributed by atoms with Gasteiger partial charge in [0.1, 0.15) is 0 Å². The SMILES string of the molecule is NC1CCC(C(=O)N2CCCC2CN2CCOCC2)C1. The van der Waals surface area contributed by atoms with E-state index in [2.05, 4.69) is 9.80 Å². The third-order valence-corrected chi connectivity index (χ3v) is 5.06. The normalized spacial score (nSPS) is 35.6. The van der Waals surface area contributed by atoms with E-state index >= 15 is 0 Å². The Morgan fingerprint density at radius 3 is 2.65 bits per heavy atom. The largest absolute Gasteiger partial charge is 0.379 e. The molecule has 0 radical (unpaired) electrons. The molecule has 20 heavy (non-hydrogen) atoms. The van der Waals surface area contributed by atoms with Gasteiger partial charge in [-0.05, 0) is 32.1 Å². The molecule has 114 valence electrons. The summed E-state index contributed by atoms with van der Waals surface area (Å²) in [6.45, 7) is 5.64. The van der Waals surface area contributed by atoms with E-state index in [9.17, 15) is 4.79 Å². The Hall–Kier alpha value is -0.650. The van der Waals surface area contributed by atoms with Gasteiger partial charge in [-0.3, -0.25) is 9.69 Å². The summed E-state index contributed by atoms with van der Waals surface area (Å²) in [6, 6.07) is 0.654. The highest BCUT2D eigenvalue weighted by Crippen LogP contribution is 2.29. The van der Waals surface area contributed by atoms with Gasteiger partial charge in [-0.25, -0.2) is 0 Å². The predicted octanol–water partition coefficient (Wildman–Crippen LogP) is 0.437. The van der Waals surface area contributed by atoms with Crippen molar-refractivity contribution in [3.8, 4) is 0 Å². The van der Waals surface area contributed by atoms with Crippen molar-refractivity contribution < 1.29 is 9.53 Å². The van der Waals surface area contributed by atoms with Gasteiger partial charge in [-0.1, -0.05) is 0 Å². The summed E-state index contributed by atoms with van der Waals surface area (Å²) in [6.07, 6.45) is 5.19. The second-order valence-electron chi connectivity index (χ2n) is 6.51. The fourth-order valence-corrected chi connectivity index (χ4v) is 3.87. The number of nitrogens with zero attached hydrogens (tertiary/aromatic N) is 2. The van der Waals surface area contributed by atoms with Gasteiger partial charge in [0.25, 0.3) is 0 Å². The molecule has 2 aliphatic heterocycles. The molecule has 1 amide bonds. The first-order valence-electron chi connectivity index (χ1n) is 8.10. The number of carbonyl (C=O) groups is 1. The molecule has 2 saturated heterocycles. The Bertz CT molecular complexity index is 344. The average Bonchev–Trinajstić information content (AvgIpc) is 3.08. The lowest BCUT2D eigenvalue weighted by Crippen LogP contribution is -2.48. The fourth-order valence-electron chi connectivity index (χ4n) is 3.87. The molecule has 3 unspecified atom stereocenters. The molecule has 0 bridgehead atoms. The highest BCUT2D eigenvalue weighted by atomic mass is 16.5. The van der Waals surface area contributed by atoms with Crippen LogP contribution in [-0.2, 0) is 9.53 Å². The molecule has 3 atom stereocenters. The third-order valence-electron chi connectivity index (χ3n) is 5.06. The zero-order valence-electron chi connectivity index (χ0n) is 12.3. The fraction of sp³-hybridized carbons (Fsp3) is 0.933. The molecule has 3 aliphatic rings. The van der Waals surface area contributed by atoms with Crippen molar-refractivity contribution in [2.75, 3.05) is 39.4 Å². The predicted molar refractivity (Wildman–Crippen MR) is 77.3 cm³/mol. The van der Waals surface area contributed by atoms with Crippen LogP contribution in [0.15, 0.2) is 0 Å². The zero-order valence-corrected chi connectivity index (χ0v) is 12.3. The maximum Gasteiger partial charge on any atom is 0.226 e. The van der Waals surface area contributed by atoms with Crippen molar-refractivity contribution in [2.45, 2.75) is 44.2 Å². The van der Waals surface area contributed by atoms with Crippen LogP contribution < -0.4 is 5.73 Å². The van der Waals surface area contributed by atoms with Gasteiger partial charge in [0.2, 0.25) is 5.91 Å². The van der Waals surface area contributed by atoms with Crippen molar-refractivity contribution >= 4 is 5.91 Å². The number of carbonyl (C=O) groups excluding carboxylic acids is 1. The number of morpholine rings is 1. The number of hydrogen-bond acceptors (Lipinski definition) is 4. The van der Waals surface area contributed by atoms with Gasteiger partial charge in [0, 0.05) is 44.2 Å². The Morgan fingerprint density at radius 1 is 1.15 bits per heavy atom. The van der Waals surface area contributed by atoms with Crippen LogP contribution >= 0.6 is 0 Å². The quantitative estimate of drug-likeness (QED) is 0.815. The van der Waals surface area contributed by atoms with Gasteiger partial charge in [-0.2, -0.15) is 0 Å². The van der Waals surface area contributed by atoms with Crippen LogP contribution in [0.25, 0.3) is 0 Å². The van der Waals surface area contributed by atoms with Crippen LogP contribution in [0.4, 0.5) is 0 Å². The third kappa shape index (κ3) is 3.15. The Kier molecular flexibility index (Phi) is 4.58. The molecule has 5 nitrogen and oxygen atoms in total. The second-order valence-corrected chi connectivity index (χ2v) is 6.51. The smallest absolute Gasteiger partial charge is 0.226 e. The number of rotatable bonds is 3. The molecule has 3 rings (SSSR count). The summed E-state index contributed by atoms with van der Waals surface area (Å²) in [7, 11) is 0. The van der Waals surface area contributed by atoms with Gasteiger partial charge >= 0.3 is 0 Å². The molecule has 2 N–H and O–H groups in total. The molecule has 0 spiro atoms. The number of hydrogen-bond donors (Lipinski definition) is 1. The van der Waals surface area contributed by atoms with E-state index in [0.29, 0.717) is 11.9 Å². The molecule has 3 fully saturated rings. The van der Waals surface area contributed by atoms with Gasteiger partial charge in [0.05, 0.1) is 13.2 Å². The number of amides is 1. The van der Waals surface area contributed by atoms with Crippen LogP contribution in [0.3, 0.4) is 0 Å². The number of nitrogens with two attached hydrogens (primary N) is 1. The summed E-state index contributed by atoms with van der Waals surface area (Å²) in [5.41, 5.74) is 5.95. The van der Waals surface area contributed by atoms with Crippen molar-refractivity contribution in [3.63, 3.8) is 0 Å². The number of ether oxygens (including phenoxy) is 1. The highest BCUT2D eigenvalue weighted by molar-refractivity contribution is 5.79. The van der Waals surface area contributed by atoms with Gasteiger partial charge in [-0.15, -0.1) is 0 Å². The van der Waals surface area contributed by atoms with Crippen molar-refractivity contribution in [1.82, 2.24) is 9.80 Å². The van der Waals surface area contributed by atoms with E-state index in [-0.39, 0.29) is 12.0 Å². The van der Waals surface area contributed by atoms with E-state index < -0.39 is 0 Å². The van der Waals surface area contributed by atoms with Crippen LogP contribution in [-0.4, -0.2) is 67.2 Å². The summed E-state index contributed by atoms with van der Waals surface area (Å²) < 4.78 is 5.40. The lowest BCUT2D eigenvalue weighted by atomic mass is 10.1. The Morgan fingerprint density at radius 2 is 1.95 bits per heavy atom. The number of likely N-dealkylation sites (tertiary alicyclic amines) is 1. The van der Waals surface area contributed by atoms with E-state index in [4.69, 9.17) is 10.5 Å². The van der Waals surface area contributed by atoms with E-state index in [0.717, 1.165) is 71.5 Å². The van der Waals surface area contributed by atoms with Crippen LogP contribution in [0, 0.1) is 5.92 Å². The first-order chi connectivity index (χ1) is 9.74. The van der Waals surface area contributed by atoms with E-state index in [1.807, 2.05) is 0 Å². The highest BCUT2D eigenvalue weighted by Gasteiger charge is 2.36. The summed E-state index contributed by atoms with van der Waals surface area (Å²) >= 11 is 0. The molecule has 0 aromatic heterocycles. The molecular formula is C15H27N3O2. The molecule has 0 aromatic rings. The minimum Gasteiger partial charge on any atom is -0.379 e. The molecule has 1 aliphatic carbocycles. The standard InChI is InChI=1S/C15H27N3O2/c16-13-4-3-12(10-13)15(19)18-5-1-2-14(18)11-17-6-8-20-9-7-17/h12-14H,1-11,16H2. The summed E-state index contributed by atoms with van der Waals surface area (Å²) in [4.78, 5) is 17.3. The Labute approximate surface area is 121 Å². The van der Waals surface area contributed by atoms with Crippen LogP contribution in [0.2, 0.25) is 0 Å². The van der Waals surface area contributed by atoms with E-state index in [1.165, 1.54) is 0 Å². The Balaban J connectivity index is 1.55. The lowest BCUT2D eigenvalue weighted by Gasteiger charge is -2.34. The van der Waals surface area contributed by atoms with Crippen molar-refractivity contribution in [1.29, 1.82) is 0 Å². The first kappa shape index (κ1) is 14.3. The monoisotopic (exact) mass is 281 g/mol. The van der Waals surface area contributed by atoms with Crippen LogP contribution in [0.5, 0.6) is 0 Å². The minimum atomic E-state index is 0.190. The van der Waals surface area contributed by atoms with Gasteiger partial charge < -0.3 is 15.4 Å². The molecule has 5 heteroatoms. The van der Waals surface area contributed by atoms with Crippen molar-refractivity contribution in [2.24, 2.45) is 11.7 Å². The molecule has 2 heterocycles.